The Bertz CT molecular complexity index is 851. The van der Waals surface area contributed by atoms with Gasteiger partial charge in [-0.3, -0.25) is 9.59 Å². The summed E-state index contributed by atoms with van der Waals surface area (Å²) in [5, 5.41) is -0.244. The van der Waals surface area contributed by atoms with E-state index in [1.807, 2.05) is 36.4 Å². The maximum absolute atomic E-state index is 12.8. The highest BCUT2D eigenvalue weighted by molar-refractivity contribution is 8.19. The molecule has 0 aromatic heterocycles. The van der Waals surface area contributed by atoms with E-state index in [-0.39, 0.29) is 11.1 Å². The largest absolute Gasteiger partial charge is 0.298 e. The molecule has 0 spiro atoms. The van der Waals surface area contributed by atoms with Gasteiger partial charge in [0.15, 0.2) is 0 Å². The summed E-state index contributed by atoms with van der Waals surface area (Å²) in [5.74, 6) is 0.214. The van der Waals surface area contributed by atoms with Crippen molar-refractivity contribution in [3.05, 3.63) is 70.1 Å². The summed E-state index contributed by atoms with van der Waals surface area (Å²) in [5.41, 5.74) is 4.05. The predicted octanol–water partition coefficient (Wildman–Crippen LogP) is 6.39. The van der Waals surface area contributed by atoms with Crippen molar-refractivity contribution in [3.63, 3.8) is 0 Å². The molecule has 4 heteroatoms. The first-order chi connectivity index (χ1) is 13.0. The molecule has 3 rings (SSSR count). The Balaban J connectivity index is 1.78. The third-order valence-corrected chi connectivity index (χ3v) is 5.58. The van der Waals surface area contributed by atoms with Gasteiger partial charge >= 0.3 is 0 Å². The second-order valence-corrected chi connectivity index (χ2v) is 8.10. The fourth-order valence-electron chi connectivity index (χ4n) is 3.01. The third kappa shape index (κ3) is 4.51. The minimum absolute atomic E-state index is 0.244. The quantitative estimate of drug-likeness (QED) is 0.545. The number of benzene rings is 2. The van der Waals surface area contributed by atoms with Crippen molar-refractivity contribution in [1.82, 2.24) is 0 Å². The van der Waals surface area contributed by atoms with E-state index in [2.05, 4.69) is 32.9 Å². The second-order valence-electron chi connectivity index (χ2n) is 7.11. The molecule has 1 aliphatic heterocycles. The Morgan fingerprint density at radius 3 is 2.26 bits per heavy atom. The van der Waals surface area contributed by atoms with E-state index < -0.39 is 0 Å². The first-order valence-corrected chi connectivity index (χ1v) is 10.3. The Morgan fingerprint density at radius 2 is 1.67 bits per heavy atom. The molecule has 140 valence electrons. The van der Waals surface area contributed by atoms with Gasteiger partial charge in [0.2, 0.25) is 0 Å². The van der Waals surface area contributed by atoms with Crippen LogP contribution in [-0.4, -0.2) is 11.1 Å². The molecule has 2 aromatic rings. The van der Waals surface area contributed by atoms with Gasteiger partial charge in [0.25, 0.3) is 11.1 Å². The van der Waals surface area contributed by atoms with E-state index in [9.17, 15) is 9.59 Å². The number of aryl methyl sites for hydroxylation is 1. The van der Waals surface area contributed by atoms with Gasteiger partial charge in [-0.25, -0.2) is 4.90 Å². The van der Waals surface area contributed by atoms with Crippen molar-refractivity contribution in [2.75, 3.05) is 4.90 Å². The lowest BCUT2D eigenvalue weighted by atomic mass is 10.0. The summed E-state index contributed by atoms with van der Waals surface area (Å²) in [6.07, 6.45) is 5.10. The molecule has 0 saturated carbocycles. The number of imide groups is 1. The predicted molar refractivity (Wildman–Crippen MR) is 114 cm³/mol. The van der Waals surface area contributed by atoms with Crippen LogP contribution in [0, 0.1) is 0 Å². The van der Waals surface area contributed by atoms with Gasteiger partial charge in [0.1, 0.15) is 0 Å². The van der Waals surface area contributed by atoms with Gasteiger partial charge in [0, 0.05) is 0 Å². The maximum atomic E-state index is 12.8. The van der Waals surface area contributed by atoms with Gasteiger partial charge < -0.3 is 0 Å². The van der Waals surface area contributed by atoms with Crippen LogP contribution in [0.1, 0.15) is 56.2 Å². The van der Waals surface area contributed by atoms with Crippen LogP contribution in [0.5, 0.6) is 0 Å². The van der Waals surface area contributed by atoms with E-state index in [1.54, 1.807) is 6.08 Å². The van der Waals surface area contributed by atoms with Crippen molar-refractivity contribution in [2.45, 2.75) is 46.0 Å². The Kier molecular flexibility index (Phi) is 6.17. The number of carbonyl (C=O) groups excluding carboxylic acids is 2. The van der Waals surface area contributed by atoms with Crippen molar-refractivity contribution < 1.29 is 9.59 Å². The van der Waals surface area contributed by atoms with Gasteiger partial charge in [-0.05, 0) is 65.4 Å². The van der Waals surface area contributed by atoms with Crippen LogP contribution >= 0.6 is 11.8 Å². The summed E-state index contributed by atoms with van der Waals surface area (Å²) in [6, 6.07) is 15.8. The molecule has 0 unspecified atom stereocenters. The fourth-order valence-corrected chi connectivity index (χ4v) is 3.85. The number of nitrogens with zero attached hydrogens (tertiary/aromatic N) is 1. The summed E-state index contributed by atoms with van der Waals surface area (Å²) >= 11 is 0.999. The smallest absolute Gasteiger partial charge is 0.268 e. The fraction of sp³-hybridized carbons (Fsp3) is 0.304. The minimum atomic E-state index is -0.251. The number of thioether (sulfide) groups is 1. The highest BCUT2D eigenvalue weighted by Gasteiger charge is 2.36. The molecule has 0 radical (unpaired) electrons. The lowest BCUT2D eigenvalue weighted by Crippen LogP contribution is -2.27. The number of amides is 2. The van der Waals surface area contributed by atoms with E-state index >= 15 is 0 Å². The Hall–Kier alpha value is -2.33. The molecule has 3 nitrogen and oxygen atoms in total. The van der Waals surface area contributed by atoms with Crippen molar-refractivity contribution in [2.24, 2.45) is 0 Å². The number of carbonyl (C=O) groups is 2. The van der Waals surface area contributed by atoms with Crippen LogP contribution in [-0.2, 0) is 11.2 Å². The molecule has 2 aromatic carbocycles. The van der Waals surface area contributed by atoms with E-state index in [1.165, 1.54) is 16.0 Å². The first-order valence-electron chi connectivity index (χ1n) is 9.46. The van der Waals surface area contributed by atoms with Crippen molar-refractivity contribution in [1.29, 1.82) is 0 Å². The molecule has 0 atom stereocenters. The summed E-state index contributed by atoms with van der Waals surface area (Å²) < 4.78 is 0. The van der Waals surface area contributed by atoms with E-state index in [0.29, 0.717) is 16.5 Å². The lowest BCUT2D eigenvalue weighted by Gasteiger charge is -2.13. The van der Waals surface area contributed by atoms with Crippen LogP contribution in [0.25, 0.3) is 6.08 Å². The standard InChI is InChI=1S/C23H25NO2S/c1-4-5-6-17-9-13-20(14-10-17)24-22(25)21(27-23(24)26)15-18-7-11-19(12-8-18)16(2)3/h7-16H,4-6H2,1-3H3/b21-15-. The van der Waals surface area contributed by atoms with E-state index in [0.717, 1.165) is 36.6 Å². The maximum Gasteiger partial charge on any atom is 0.298 e. The molecule has 1 heterocycles. The van der Waals surface area contributed by atoms with Crippen LogP contribution in [0.2, 0.25) is 0 Å². The van der Waals surface area contributed by atoms with Crippen LogP contribution in [0.3, 0.4) is 0 Å². The molecule has 0 N–H and O–H groups in total. The SMILES string of the molecule is CCCCc1ccc(N2C(=O)S/C(=C\c3ccc(C(C)C)cc3)C2=O)cc1. The zero-order valence-corrected chi connectivity index (χ0v) is 16.9. The molecule has 2 amide bonds. The van der Waals surface area contributed by atoms with Crippen LogP contribution in [0.4, 0.5) is 10.5 Å². The highest BCUT2D eigenvalue weighted by atomic mass is 32.2. The Morgan fingerprint density at radius 1 is 1.00 bits per heavy atom. The van der Waals surface area contributed by atoms with Gasteiger partial charge in [0.05, 0.1) is 10.6 Å². The summed E-state index contributed by atoms with van der Waals surface area (Å²) in [7, 11) is 0. The number of unbranched alkanes of at least 4 members (excludes halogenated alkanes) is 1. The topological polar surface area (TPSA) is 37.4 Å². The third-order valence-electron chi connectivity index (χ3n) is 4.71. The molecule has 0 bridgehead atoms. The minimum Gasteiger partial charge on any atom is -0.268 e. The highest BCUT2D eigenvalue weighted by Crippen LogP contribution is 2.36. The van der Waals surface area contributed by atoms with Gasteiger partial charge in [-0.1, -0.05) is 63.6 Å². The average molecular weight is 380 g/mol. The molecule has 1 fully saturated rings. The van der Waals surface area contributed by atoms with Crippen LogP contribution < -0.4 is 4.90 Å². The lowest BCUT2D eigenvalue weighted by molar-refractivity contribution is -0.113. The molecule has 1 saturated heterocycles. The van der Waals surface area contributed by atoms with Crippen molar-refractivity contribution in [3.8, 4) is 0 Å². The van der Waals surface area contributed by atoms with Gasteiger partial charge in [-0.2, -0.15) is 0 Å². The normalized spacial score (nSPS) is 16.0. The molecule has 0 aliphatic carbocycles. The molecular formula is C23H25NO2S. The average Bonchev–Trinajstić information content (AvgIpc) is 2.94. The zero-order chi connectivity index (χ0) is 19.4. The second kappa shape index (κ2) is 8.57. The van der Waals surface area contributed by atoms with Crippen LogP contribution in [0.15, 0.2) is 53.4 Å². The Labute approximate surface area is 165 Å². The summed E-state index contributed by atoms with van der Waals surface area (Å²) in [4.78, 5) is 26.9. The number of rotatable bonds is 6. The number of hydrogen-bond donors (Lipinski definition) is 0. The summed E-state index contributed by atoms with van der Waals surface area (Å²) in [6.45, 7) is 6.46. The molecular weight excluding hydrogens is 354 g/mol. The van der Waals surface area contributed by atoms with Gasteiger partial charge in [-0.15, -0.1) is 0 Å². The number of anilines is 1. The monoisotopic (exact) mass is 379 g/mol. The molecule has 27 heavy (non-hydrogen) atoms. The number of hydrogen-bond acceptors (Lipinski definition) is 3. The zero-order valence-electron chi connectivity index (χ0n) is 16.1. The molecule has 1 aliphatic rings. The first kappa shape index (κ1) is 19.4. The van der Waals surface area contributed by atoms with Crippen molar-refractivity contribution >= 4 is 34.7 Å². The van der Waals surface area contributed by atoms with E-state index in [4.69, 9.17) is 0 Å².